The maximum atomic E-state index is 6.12. The molecule has 2 nitrogen and oxygen atoms in total. The standard InChI is InChI=1S/C16H14N2/c1-11-7-8-13(15(17)10-11)12-4-2-6-16-14(12)5-3-9-18-16/h2-10H,17H2,1H3. The Kier molecular flexibility index (Phi) is 2.49. The van der Waals surface area contributed by atoms with E-state index in [4.69, 9.17) is 5.73 Å². The van der Waals surface area contributed by atoms with Gasteiger partial charge in [-0.25, -0.2) is 0 Å². The van der Waals surface area contributed by atoms with Crippen molar-refractivity contribution in [3.8, 4) is 11.1 Å². The average molecular weight is 234 g/mol. The van der Waals surface area contributed by atoms with Crippen molar-refractivity contribution in [3.63, 3.8) is 0 Å². The first kappa shape index (κ1) is 10.8. The highest BCUT2D eigenvalue weighted by Gasteiger charge is 2.06. The van der Waals surface area contributed by atoms with Gasteiger partial charge in [0.05, 0.1) is 5.52 Å². The molecule has 1 heterocycles. The molecule has 0 spiro atoms. The number of nitrogen functional groups attached to an aromatic ring is 1. The van der Waals surface area contributed by atoms with E-state index in [1.165, 1.54) is 5.56 Å². The first-order valence-electron chi connectivity index (χ1n) is 5.96. The van der Waals surface area contributed by atoms with Crippen molar-refractivity contribution in [2.24, 2.45) is 0 Å². The van der Waals surface area contributed by atoms with Crippen LogP contribution in [0.4, 0.5) is 5.69 Å². The lowest BCUT2D eigenvalue weighted by Crippen LogP contribution is -1.92. The van der Waals surface area contributed by atoms with Gasteiger partial charge in [-0.15, -0.1) is 0 Å². The van der Waals surface area contributed by atoms with Crippen molar-refractivity contribution in [1.29, 1.82) is 0 Å². The first-order chi connectivity index (χ1) is 8.75. The Bertz CT molecular complexity index is 712. The molecular formula is C16H14N2. The number of rotatable bonds is 1. The Balaban J connectivity index is 2.31. The zero-order valence-corrected chi connectivity index (χ0v) is 10.2. The Morgan fingerprint density at radius 1 is 0.944 bits per heavy atom. The summed E-state index contributed by atoms with van der Waals surface area (Å²) in [5, 5.41) is 1.13. The summed E-state index contributed by atoms with van der Waals surface area (Å²) in [5.74, 6) is 0. The zero-order valence-electron chi connectivity index (χ0n) is 10.2. The maximum absolute atomic E-state index is 6.12. The summed E-state index contributed by atoms with van der Waals surface area (Å²) in [4.78, 5) is 4.37. The van der Waals surface area contributed by atoms with Crippen LogP contribution in [0, 0.1) is 6.92 Å². The molecule has 0 saturated carbocycles. The van der Waals surface area contributed by atoms with Crippen LogP contribution in [0.15, 0.2) is 54.7 Å². The molecule has 2 aromatic carbocycles. The molecule has 2 N–H and O–H groups in total. The van der Waals surface area contributed by atoms with Crippen molar-refractivity contribution in [2.45, 2.75) is 6.92 Å². The van der Waals surface area contributed by atoms with Gasteiger partial charge in [0.25, 0.3) is 0 Å². The van der Waals surface area contributed by atoms with Crippen LogP contribution in [-0.4, -0.2) is 4.98 Å². The number of nitrogens with zero attached hydrogens (tertiary/aromatic N) is 1. The van der Waals surface area contributed by atoms with Crippen LogP contribution >= 0.6 is 0 Å². The van der Waals surface area contributed by atoms with E-state index in [1.54, 1.807) is 0 Å². The maximum Gasteiger partial charge on any atom is 0.0708 e. The second-order valence-electron chi connectivity index (χ2n) is 4.47. The highest BCUT2D eigenvalue weighted by Crippen LogP contribution is 2.31. The third kappa shape index (κ3) is 1.72. The monoisotopic (exact) mass is 234 g/mol. The molecule has 0 aliphatic carbocycles. The average Bonchev–Trinajstić information content (AvgIpc) is 2.38. The van der Waals surface area contributed by atoms with Gasteiger partial charge in [-0.05, 0) is 36.2 Å². The number of hydrogen-bond donors (Lipinski definition) is 1. The van der Waals surface area contributed by atoms with Gasteiger partial charge < -0.3 is 5.73 Å². The van der Waals surface area contributed by atoms with Gasteiger partial charge in [0.15, 0.2) is 0 Å². The number of pyridine rings is 1. The first-order valence-corrected chi connectivity index (χ1v) is 5.96. The van der Waals surface area contributed by atoms with Crippen molar-refractivity contribution >= 4 is 16.6 Å². The molecule has 0 bridgehead atoms. The molecule has 3 aromatic rings. The van der Waals surface area contributed by atoms with Gasteiger partial charge in [0.1, 0.15) is 0 Å². The minimum Gasteiger partial charge on any atom is -0.398 e. The molecule has 3 rings (SSSR count). The summed E-state index contributed by atoms with van der Waals surface area (Å²) in [5.41, 5.74) is 11.3. The fraction of sp³-hybridized carbons (Fsp3) is 0.0625. The third-order valence-corrected chi connectivity index (χ3v) is 3.14. The van der Waals surface area contributed by atoms with Gasteiger partial charge in [0, 0.05) is 22.8 Å². The Morgan fingerprint density at radius 2 is 1.83 bits per heavy atom. The van der Waals surface area contributed by atoms with Crippen LogP contribution in [0.2, 0.25) is 0 Å². The highest BCUT2D eigenvalue weighted by molar-refractivity contribution is 5.97. The minimum absolute atomic E-state index is 0.811. The van der Waals surface area contributed by atoms with E-state index in [9.17, 15) is 0 Å². The molecule has 0 unspecified atom stereocenters. The van der Waals surface area contributed by atoms with E-state index < -0.39 is 0 Å². The van der Waals surface area contributed by atoms with Crippen LogP contribution in [0.25, 0.3) is 22.0 Å². The van der Waals surface area contributed by atoms with Crippen LogP contribution in [0.1, 0.15) is 5.56 Å². The number of aromatic nitrogens is 1. The van der Waals surface area contributed by atoms with Gasteiger partial charge in [0.2, 0.25) is 0 Å². The number of hydrogen-bond acceptors (Lipinski definition) is 2. The molecule has 0 radical (unpaired) electrons. The minimum atomic E-state index is 0.811. The molecule has 0 amide bonds. The van der Waals surface area contributed by atoms with Gasteiger partial charge in [-0.2, -0.15) is 0 Å². The molecule has 1 aromatic heterocycles. The van der Waals surface area contributed by atoms with E-state index in [1.807, 2.05) is 37.4 Å². The second-order valence-corrected chi connectivity index (χ2v) is 4.47. The lowest BCUT2D eigenvalue weighted by atomic mass is 9.98. The molecular weight excluding hydrogens is 220 g/mol. The van der Waals surface area contributed by atoms with Crippen LogP contribution in [0.3, 0.4) is 0 Å². The van der Waals surface area contributed by atoms with Crippen LogP contribution in [0.5, 0.6) is 0 Å². The summed E-state index contributed by atoms with van der Waals surface area (Å²) in [6.45, 7) is 2.05. The predicted octanol–water partition coefficient (Wildman–Crippen LogP) is 3.79. The molecule has 0 fully saturated rings. The number of benzene rings is 2. The summed E-state index contributed by atoms with van der Waals surface area (Å²) < 4.78 is 0. The molecule has 0 atom stereocenters. The number of fused-ring (bicyclic) bond motifs is 1. The fourth-order valence-corrected chi connectivity index (χ4v) is 2.27. The predicted molar refractivity (Wildman–Crippen MR) is 76.3 cm³/mol. The SMILES string of the molecule is Cc1ccc(-c2cccc3ncccc23)c(N)c1. The lowest BCUT2D eigenvalue weighted by molar-refractivity contribution is 1.41. The van der Waals surface area contributed by atoms with E-state index in [2.05, 4.69) is 29.2 Å². The Morgan fingerprint density at radius 3 is 2.67 bits per heavy atom. The fourth-order valence-electron chi connectivity index (χ4n) is 2.27. The van der Waals surface area contributed by atoms with Crippen molar-refractivity contribution in [3.05, 3.63) is 60.3 Å². The normalized spacial score (nSPS) is 10.7. The van der Waals surface area contributed by atoms with Gasteiger partial charge in [-0.3, -0.25) is 4.98 Å². The van der Waals surface area contributed by atoms with E-state index in [0.717, 1.165) is 27.7 Å². The highest BCUT2D eigenvalue weighted by atomic mass is 14.6. The second kappa shape index (κ2) is 4.15. The number of aryl methyl sites for hydroxylation is 1. The quantitative estimate of drug-likeness (QED) is 0.650. The number of nitrogens with two attached hydrogens (primary N) is 1. The van der Waals surface area contributed by atoms with Crippen LogP contribution in [-0.2, 0) is 0 Å². The smallest absolute Gasteiger partial charge is 0.0708 e. The molecule has 2 heteroatoms. The molecule has 0 aliphatic rings. The summed E-state index contributed by atoms with van der Waals surface area (Å²) in [6, 6.07) is 16.3. The molecule has 18 heavy (non-hydrogen) atoms. The van der Waals surface area contributed by atoms with E-state index in [-0.39, 0.29) is 0 Å². The molecule has 0 saturated heterocycles. The van der Waals surface area contributed by atoms with E-state index >= 15 is 0 Å². The third-order valence-electron chi connectivity index (χ3n) is 3.14. The summed E-state index contributed by atoms with van der Waals surface area (Å²) in [6.07, 6.45) is 1.81. The Hall–Kier alpha value is -2.35. The Labute approximate surface area is 106 Å². The van der Waals surface area contributed by atoms with Crippen molar-refractivity contribution in [1.82, 2.24) is 4.98 Å². The van der Waals surface area contributed by atoms with Crippen molar-refractivity contribution in [2.75, 3.05) is 5.73 Å². The largest absolute Gasteiger partial charge is 0.398 e. The van der Waals surface area contributed by atoms with E-state index in [0.29, 0.717) is 0 Å². The summed E-state index contributed by atoms with van der Waals surface area (Å²) in [7, 11) is 0. The summed E-state index contributed by atoms with van der Waals surface area (Å²) >= 11 is 0. The van der Waals surface area contributed by atoms with Gasteiger partial charge in [-0.1, -0.05) is 30.3 Å². The van der Waals surface area contributed by atoms with Crippen molar-refractivity contribution < 1.29 is 0 Å². The molecule has 88 valence electrons. The number of anilines is 1. The molecule has 0 aliphatic heterocycles. The zero-order chi connectivity index (χ0) is 12.5. The van der Waals surface area contributed by atoms with Gasteiger partial charge >= 0.3 is 0 Å². The van der Waals surface area contributed by atoms with Crippen LogP contribution < -0.4 is 5.73 Å². The topological polar surface area (TPSA) is 38.9 Å². The lowest BCUT2D eigenvalue weighted by Gasteiger charge is -2.09.